The highest BCUT2D eigenvalue weighted by Gasteiger charge is 2.26. The van der Waals surface area contributed by atoms with E-state index in [2.05, 4.69) is 0 Å². The van der Waals surface area contributed by atoms with Crippen molar-refractivity contribution in [3.8, 4) is 0 Å². The first kappa shape index (κ1) is 11.8. The van der Waals surface area contributed by atoms with Gasteiger partial charge in [0.2, 0.25) is 5.91 Å². The minimum atomic E-state index is 0.122. The highest BCUT2D eigenvalue weighted by molar-refractivity contribution is 8.00. The predicted molar refractivity (Wildman–Crippen MR) is 69.1 cm³/mol. The van der Waals surface area contributed by atoms with Gasteiger partial charge in [-0.3, -0.25) is 4.79 Å². The van der Waals surface area contributed by atoms with Gasteiger partial charge in [-0.05, 0) is 18.2 Å². The molecule has 1 aliphatic rings. The van der Waals surface area contributed by atoms with Gasteiger partial charge < -0.3 is 10.6 Å². The van der Waals surface area contributed by atoms with Crippen LogP contribution in [0.1, 0.15) is 0 Å². The Morgan fingerprint density at radius 1 is 1.56 bits per heavy atom. The first-order valence-corrected chi connectivity index (χ1v) is 6.51. The highest BCUT2D eigenvalue weighted by Crippen LogP contribution is 2.26. The van der Waals surface area contributed by atoms with Crippen molar-refractivity contribution in [2.24, 2.45) is 5.73 Å². The summed E-state index contributed by atoms with van der Waals surface area (Å²) in [6, 6.07) is 7.36. The maximum atomic E-state index is 11.8. The van der Waals surface area contributed by atoms with Crippen molar-refractivity contribution in [2.75, 3.05) is 23.7 Å². The Morgan fingerprint density at radius 3 is 3.06 bits per heavy atom. The normalized spacial score (nSPS) is 21.2. The fourth-order valence-corrected chi connectivity index (χ4v) is 2.77. The first-order chi connectivity index (χ1) is 7.70. The molecule has 1 aliphatic heterocycles. The van der Waals surface area contributed by atoms with Crippen LogP contribution in [0.15, 0.2) is 24.3 Å². The van der Waals surface area contributed by atoms with E-state index in [1.165, 1.54) is 0 Å². The van der Waals surface area contributed by atoms with E-state index >= 15 is 0 Å². The molecule has 1 aromatic rings. The monoisotopic (exact) mass is 256 g/mol. The number of hydrogen-bond acceptors (Lipinski definition) is 3. The van der Waals surface area contributed by atoms with Gasteiger partial charge in [0.25, 0.3) is 0 Å². The molecule has 2 N–H and O–H groups in total. The number of anilines is 1. The summed E-state index contributed by atoms with van der Waals surface area (Å²) in [7, 11) is 0. The SMILES string of the molecule is NCC1CN(c2cccc(Cl)c2)C(=O)CS1. The second-order valence-electron chi connectivity index (χ2n) is 3.65. The lowest BCUT2D eigenvalue weighted by atomic mass is 10.2. The van der Waals surface area contributed by atoms with E-state index in [1.54, 1.807) is 22.7 Å². The van der Waals surface area contributed by atoms with E-state index in [1.807, 2.05) is 18.2 Å². The van der Waals surface area contributed by atoms with Gasteiger partial charge in [-0.1, -0.05) is 17.7 Å². The fourth-order valence-electron chi connectivity index (χ4n) is 1.66. The summed E-state index contributed by atoms with van der Waals surface area (Å²) in [4.78, 5) is 13.6. The van der Waals surface area contributed by atoms with Gasteiger partial charge in [-0.25, -0.2) is 0 Å². The van der Waals surface area contributed by atoms with Crippen LogP contribution in [0.2, 0.25) is 5.02 Å². The van der Waals surface area contributed by atoms with Crippen LogP contribution in [0.4, 0.5) is 5.69 Å². The molecule has 1 fully saturated rings. The number of nitrogens with two attached hydrogens (primary N) is 1. The molecule has 1 atom stereocenters. The molecule has 1 saturated heterocycles. The number of halogens is 1. The number of amides is 1. The molecule has 5 heteroatoms. The van der Waals surface area contributed by atoms with Gasteiger partial charge >= 0.3 is 0 Å². The topological polar surface area (TPSA) is 46.3 Å². The third kappa shape index (κ3) is 2.51. The Hall–Kier alpha value is -0.710. The van der Waals surface area contributed by atoms with E-state index in [4.69, 9.17) is 17.3 Å². The molecule has 86 valence electrons. The summed E-state index contributed by atoms with van der Waals surface area (Å²) in [6.45, 7) is 1.26. The number of benzene rings is 1. The zero-order chi connectivity index (χ0) is 11.5. The molecule has 0 spiro atoms. The van der Waals surface area contributed by atoms with E-state index in [0.717, 1.165) is 5.69 Å². The average molecular weight is 257 g/mol. The van der Waals surface area contributed by atoms with Gasteiger partial charge in [0.1, 0.15) is 0 Å². The average Bonchev–Trinajstić information content (AvgIpc) is 2.30. The second-order valence-corrected chi connectivity index (χ2v) is 5.38. The molecule has 1 amide bonds. The predicted octanol–water partition coefficient (Wildman–Crippen LogP) is 1.75. The van der Waals surface area contributed by atoms with E-state index < -0.39 is 0 Å². The molecule has 0 aliphatic carbocycles. The van der Waals surface area contributed by atoms with Crippen LogP contribution < -0.4 is 10.6 Å². The largest absolute Gasteiger partial charge is 0.329 e. The first-order valence-electron chi connectivity index (χ1n) is 5.08. The number of carbonyl (C=O) groups excluding carboxylic acids is 1. The molecular weight excluding hydrogens is 244 g/mol. The van der Waals surface area contributed by atoms with Crippen LogP contribution in [0.5, 0.6) is 0 Å². The maximum Gasteiger partial charge on any atom is 0.237 e. The quantitative estimate of drug-likeness (QED) is 0.877. The zero-order valence-corrected chi connectivity index (χ0v) is 10.3. The molecule has 1 heterocycles. The summed E-state index contributed by atoms with van der Waals surface area (Å²) >= 11 is 7.54. The Morgan fingerprint density at radius 2 is 2.38 bits per heavy atom. The van der Waals surface area contributed by atoms with E-state index in [0.29, 0.717) is 29.1 Å². The number of hydrogen-bond donors (Lipinski definition) is 1. The van der Waals surface area contributed by atoms with Crippen molar-refractivity contribution >= 4 is 35.0 Å². The summed E-state index contributed by atoms with van der Waals surface area (Å²) < 4.78 is 0. The molecular formula is C11H13ClN2OS. The van der Waals surface area contributed by atoms with Crippen LogP contribution >= 0.6 is 23.4 Å². The van der Waals surface area contributed by atoms with Gasteiger partial charge in [-0.15, -0.1) is 11.8 Å². The molecule has 1 unspecified atom stereocenters. The minimum absolute atomic E-state index is 0.122. The van der Waals surface area contributed by atoms with Crippen molar-refractivity contribution in [3.05, 3.63) is 29.3 Å². The molecule has 0 radical (unpaired) electrons. The molecule has 0 aromatic heterocycles. The number of rotatable bonds is 2. The molecule has 0 bridgehead atoms. The van der Waals surface area contributed by atoms with Crippen molar-refractivity contribution in [3.63, 3.8) is 0 Å². The van der Waals surface area contributed by atoms with Crippen LogP contribution in [0.25, 0.3) is 0 Å². The van der Waals surface area contributed by atoms with Gasteiger partial charge in [0, 0.05) is 29.0 Å². The minimum Gasteiger partial charge on any atom is -0.329 e. The number of thioether (sulfide) groups is 1. The Kier molecular flexibility index (Phi) is 3.74. The van der Waals surface area contributed by atoms with Crippen LogP contribution in [-0.4, -0.2) is 30.0 Å². The molecule has 1 aromatic carbocycles. The van der Waals surface area contributed by atoms with Gasteiger partial charge in [0.05, 0.1) is 5.75 Å². The lowest BCUT2D eigenvalue weighted by molar-refractivity contribution is -0.116. The molecule has 0 saturated carbocycles. The number of nitrogens with zero attached hydrogens (tertiary/aromatic N) is 1. The van der Waals surface area contributed by atoms with Crippen molar-refractivity contribution in [1.82, 2.24) is 0 Å². The Balaban J connectivity index is 2.21. The highest BCUT2D eigenvalue weighted by atomic mass is 35.5. The smallest absolute Gasteiger partial charge is 0.237 e. The summed E-state index contributed by atoms with van der Waals surface area (Å²) in [5, 5.41) is 0.963. The number of carbonyl (C=O) groups is 1. The standard InChI is InChI=1S/C11H13ClN2OS/c12-8-2-1-3-9(4-8)14-6-10(5-13)16-7-11(14)15/h1-4,10H,5-7,13H2. The third-order valence-corrected chi connectivity index (χ3v) is 3.97. The van der Waals surface area contributed by atoms with Crippen molar-refractivity contribution in [2.45, 2.75) is 5.25 Å². The second kappa shape index (κ2) is 5.08. The Bertz CT molecular complexity index is 399. The summed E-state index contributed by atoms with van der Waals surface area (Å²) in [5.41, 5.74) is 6.49. The van der Waals surface area contributed by atoms with Crippen molar-refractivity contribution in [1.29, 1.82) is 0 Å². The third-order valence-electron chi connectivity index (χ3n) is 2.51. The fraction of sp³-hybridized carbons (Fsp3) is 0.364. The van der Waals surface area contributed by atoms with Crippen LogP contribution in [0.3, 0.4) is 0 Å². The van der Waals surface area contributed by atoms with Crippen LogP contribution in [-0.2, 0) is 4.79 Å². The lowest BCUT2D eigenvalue weighted by Gasteiger charge is -2.31. The van der Waals surface area contributed by atoms with E-state index in [-0.39, 0.29) is 5.91 Å². The van der Waals surface area contributed by atoms with Crippen LogP contribution in [0, 0.1) is 0 Å². The molecule has 2 rings (SSSR count). The summed E-state index contributed by atoms with van der Waals surface area (Å²) in [6.07, 6.45) is 0. The maximum absolute atomic E-state index is 11.8. The van der Waals surface area contributed by atoms with Crippen molar-refractivity contribution < 1.29 is 4.79 Å². The van der Waals surface area contributed by atoms with Gasteiger partial charge in [0.15, 0.2) is 0 Å². The zero-order valence-electron chi connectivity index (χ0n) is 8.73. The van der Waals surface area contributed by atoms with Gasteiger partial charge in [-0.2, -0.15) is 0 Å². The molecule has 3 nitrogen and oxygen atoms in total. The Labute approximate surface area is 104 Å². The lowest BCUT2D eigenvalue weighted by Crippen LogP contribution is -2.45. The van der Waals surface area contributed by atoms with E-state index in [9.17, 15) is 4.79 Å². The molecule has 16 heavy (non-hydrogen) atoms. The summed E-state index contributed by atoms with van der Waals surface area (Å²) in [5.74, 6) is 0.617.